The Bertz CT molecular complexity index is 2350. The van der Waals surface area contributed by atoms with E-state index < -0.39 is 11.2 Å². The predicted molar refractivity (Wildman–Crippen MR) is 210 cm³/mol. The first-order valence-electron chi connectivity index (χ1n) is 16.5. The third-order valence-corrected chi connectivity index (χ3v) is 10.4. The molecule has 7 nitrogen and oxygen atoms in total. The number of amides is 3. The van der Waals surface area contributed by atoms with Crippen LogP contribution in [-0.2, 0) is 16.1 Å². The van der Waals surface area contributed by atoms with E-state index >= 15 is 0 Å². The third kappa shape index (κ3) is 7.65. The molecule has 7 rings (SSSR count). The molecule has 1 unspecified atom stereocenters. The Balaban J connectivity index is 1.08. The minimum Gasteiger partial charge on any atom is -0.341 e. The number of aromatic nitrogens is 1. The smallest absolute Gasteiger partial charge is 0.272 e. The molecule has 0 bridgehead atoms. The van der Waals surface area contributed by atoms with E-state index in [1.807, 2.05) is 83.6 Å². The Morgan fingerprint density at radius 3 is 2.16 bits per heavy atom. The SMILES string of the molecule is CCn1c2ccccc2c2cc(NC(=O)C(Sc3ccc(NC(=O)/C(=C/c4ccsc4)NC(=O)c4ccccc4)cc3)c3ccccc3)ccc21. The van der Waals surface area contributed by atoms with E-state index in [0.29, 0.717) is 11.3 Å². The Morgan fingerprint density at radius 2 is 1.43 bits per heavy atom. The lowest BCUT2D eigenvalue weighted by Gasteiger charge is -2.18. The fraction of sp³-hybridized carbons (Fsp3) is 0.0714. The second-order valence-electron chi connectivity index (χ2n) is 11.8. The van der Waals surface area contributed by atoms with Gasteiger partial charge in [0.25, 0.3) is 11.8 Å². The molecule has 5 aromatic carbocycles. The van der Waals surface area contributed by atoms with Gasteiger partial charge in [-0.05, 0) is 102 Å². The molecule has 0 radical (unpaired) electrons. The number of hydrogen-bond donors (Lipinski definition) is 3. The van der Waals surface area contributed by atoms with E-state index in [1.54, 1.807) is 42.5 Å². The van der Waals surface area contributed by atoms with Gasteiger partial charge in [0.1, 0.15) is 10.9 Å². The Labute approximate surface area is 304 Å². The zero-order chi connectivity index (χ0) is 35.2. The van der Waals surface area contributed by atoms with Crippen molar-refractivity contribution in [2.75, 3.05) is 10.6 Å². The van der Waals surface area contributed by atoms with Crippen LogP contribution in [0.5, 0.6) is 0 Å². The molecule has 2 aromatic heterocycles. The maximum atomic E-state index is 14.0. The van der Waals surface area contributed by atoms with Gasteiger partial charge in [-0.15, -0.1) is 11.8 Å². The zero-order valence-corrected chi connectivity index (χ0v) is 29.3. The number of anilines is 2. The van der Waals surface area contributed by atoms with Crippen LogP contribution in [0.25, 0.3) is 27.9 Å². The zero-order valence-electron chi connectivity index (χ0n) is 27.7. The minimum atomic E-state index is -0.535. The number of rotatable bonds is 11. The van der Waals surface area contributed by atoms with Crippen molar-refractivity contribution in [3.8, 4) is 0 Å². The van der Waals surface area contributed by atoms with Gasteiger partial charge in [0, 0.05) is 50.2 Å². The van der Waals surface area contributed by atoms with E-state index in [4.69, 9.17) is 0 Å². The van der Waals surface area contributed by atoms with Crippen molar-refractivity contribution in [1.82, 2.24) is 9.88 Å². The van der Waals surface area contributed by atoms with Gasteiger partial charge >= 0.3 is 0 Å². The molecule has 0 aliphatic carbocycles. The first kappa shape index (κ1) is 33.6. The van der Waals surface area contributed by atoms with Gasteiger partial charge < -0.3 is 20.5 Å². The van der Waals surface area contributed by atoms with E-state index in [-0.39, 0.29) is 17.5 Å². The first-order chi connectivity index (χ1) is 25.0. The number of para-hydroxylation sites is 1. The highest BCUT2D eigenvalue weighted by Crippen LogP contribution is 2.37. The van der Waals surface area contributed by atoms with Crippen LogP contribution < -0.4 is 16.0 Å². The lowest BCUT2D eigenvalue weighted by atomic mass is 10.1. The van der Waals surface area contributed by atoms with E-state index in [0.717, 1.165) is 44.5 Å². The summed E-state index contributed by atoms with van der Waals surface area (Å²) in [5.41, 5.74) is 5.84. The number of aryl methyl sites for hydroxylation is 1. The van der Waals surface area contributed by atoms with Crippen LogP contribution in [0.4, 0.5) is 11.4 Å². The molecule has 0 fully saturated rings. The van der Waals surface area contributed by atoms with E-state index in [9.17, 15) is 14.4 Å². The van der Waals surface area contributed by atoms with Gasteiger partial charge in [-0.2, -0.15) is 11.3 Å². The van der Waals surface area contributed by atoms with Crippen LogP contribution in [0.2, 0.25) is 0 Å². The summed E-state index contributed by atoms with van der Waals surface area (Å²) >= 11 is 2.93. The summed E-state index contributed by atoms with van der Waals surface area (Å²) in [6.45, 7) is 2.99. The largest absolute Gasteiger partial charge is 0.341 e. The number of benzene rings is 5. The molecular formula is C42H34N4O3S2. The molecule has 0 aliphatic heterocycles. The fourth-order valence-electron chi connectivity index (χ4n) is 6.00. The molecular weight excluding hydrogens is 673 g/mol. The van der Waals surface area contributed by atoms with Gasteiger partial charge in [0.05, 0.1) is 0 Å². The third-order valence-electron chi connectivity index (χ3n) is 8.45. The Kier molecular flexibility index (Phi) is 10.1. The minimum absolute atomic E-state index is 0.124. The van der Waals surface area contributed by atoms with Gasteiger partial charge in [-0.1, -0.05) is 66.7 Å². The average molecular weight is 707 g/mol. The normalized spacial score (nSPS) is 12.1. The maximum absolute atomic E-state index is 14.0. The van der Waals surface area contributed by atoms with Crippen molar-refractivity contribution < 1.29 is 14.4 Å². The quantitative estimate of drug-likeness (QED) is 0.0923. The number of carbonyl (C=O) groups excluding carboxylic acids is 3. The monoisotopic (exact) mass is 706 g/mol. The number of thioether (sulfide) groups is 1. The number of thiophene rings is 1. The first-order valence-corrected chi connectivity index (χ1v) is 18.3. The van der Waals surface area contributed by atoms with Crippen molar-refractivity contribution in [3.05, 3.63) is 167 Å². The van der Waals surface area contributed by atoms with Crippen LogP contribution >= 0.6 is 23.1 Å². The van der Waals surface area contributed by atoms with Crippen molar-refractivity contribution in [1.29, 1.82) is 0 Å². The topological polar surface area (TPSA) is 92.2 Å². The van der Waals surface area contributed by atoms with Crippen LogP contribution in [0.15, 0.2) is 155 Å². The molecule has 0 saturated carbocycles. The molecule has 7 aromatic rings. The molecule has 3 N–H and O–H groups in total. The van der Waals surface area contributed by atoms with Crippen molar-refractivity contribution in [2.45, 2.75) is 23.6 Å². The molecule has 0 aliphatic rings. The molecule has 51 heavy (non-hydrogen) atoms. The standard InChI is InChI=1S/C42H34N4O3S2/c1-2-46-37-16-10-9-15-34(37)35-26-32(19-22-38(35)46)44-42(49)39(29-11-5-3-6-12-29)51-33-20-17-31(18-21-33)43-41(48)36(25-28-23-24-50-27-28)45-40(47)30-13-7-4-8-14-30/h3-27,39H,2H2,1H3,(H,43,48)(H,44,49)(H,45,47)/b36-25-. The fourth-order valence-corrected chi connectivity index (χ4v) is 7.64. The highest BCUT2D eigenvalue weighted by molar-refractivity contribution is 8.00. The second-order valence-corrected chi connectivity index (χ2v) is 13.8. The number of hydrogen-bond acceptors (Lipinski definition) is 5. The van der Waals surface area contributed by atoms with Crippen LogP contribution in [-0.4, -0.2) is 22.3 Å². The lowest BCUT2D eigenvalue weighted by molar-refractivity contribution is -0.116. The van der Waals surface area contributed by atoms with Crippen molar-refractivity contribution in [2.24, 2.45) is 0 Å². The van der Waals surface area contributed by atoms with Gasteiger partial charge in [-0.25, -0.2) is 0 Å². The molecule has 9 heteroatoms. The summed E-state index contributed by atoms with van der Waals surface area (Å²) in [6.07, 6.45) is 1.65. The van der Waals surface area contributed by atoms with Gasteiger partial charge in [0.15, 0.2) is 0 Å². The highest BCUT2D eigenvalue weighted by Gasteiger charge is 2.23. The number of nitrogens with one attached hydrogen (secondary N) is 3. The molecule has 3 amide bonds. The Morgan fingerprint density at radius 1 is 0.745 bits per heavy atom. The van der Waals surface area contributed by atoms with Crippen molar-refractivity contribution in [3.63, 3.8) is 0 Å². The maximum Gasteiger partial charge on any atom is 0.272 e. The van der Waals surface area contributed by atoms with Crippen molar-refractivity contribution >= 4 is 80.1 Å². The number of carbonyl (C=O) groups is 3. The second kappa shape index (κ2) is 15.3. The molecule has 0 saturated heterocycles. The molecule has 1 atom stereocenters. The number of nitrogens with zero attached hydrogens (tertiary/aromatic N) is 1. The molecule has 252 valence electrons. The summed E-state index contributed by atoms with van der Waals surface area (Å²) in [7, 11) is 0. The molecule has 2 heterocycles. The van der Waals surface area contributed by atoms with Gasteiger partial charge in [-0.3, -0.25) is 14.4 Å². The van der Waals surface area contributed by atoms with Crippen LogP contribution in [0, 0.1) is 0 Å². The molecule has 0 spiro atoms. The van der Waals surface area contributed by atoms with E-state index in [1.165, 1.54) is 28.6 Å². The van der Waals surface area contributed by atoms with E-state index in [2.05, 4.69) is 51.7 Å². The summed E-state index contributed by atoms with van der Waals surface area (Å²) in [5, 5.41) is 14.4. The number of fused-ring (bicyclic) bond motifs is 3. The summed E-state index contributed by atoms with van der Waals surface area (Å²) in [4.78, 5) is 41.2. The van der Waals surface area contributed by atoms with Crippen LogP contribution in [0.3, 0.4) is 0 Å². The predicted octanol–water partition coefficient (Wildman–Crippen LogP) is 9.76. The average Bonchev–Trinajstić information content (AvgIpc) is 3.80. The van der Waals surface area contributed by atoms with Crippen LogP contribution in [0.1, 0.15) is 33.7 Å². The summed E-state index contributed by atoms with van der Waals surface area (Å²) < 4.78 is 2.28. The van der Waals surface area contributed by atoms with Gasteiger partial charge in [0.2, 0.25) is 5.91 Å². The lowest BCUT2D eigenvalue weighted by Crippen LogP contribution is -2.30. The Hall–Kier alpha value is -5.90. The summed E-state index contributed by atoms with van der Waals surface area (Å²) in [6, 6.07) is 42.1. The summed E-state index contributed by atoms with van der Waals surface area (Å²) in [5.74, 6) is -0.970. The highest BCUT2D eigenvalue weighted by atomic mass is 32.2.